The number of carbonyl (C=O) groups is 1. The summed E-state index contributed by atoms with van der Waals surface area (Å²) in [6, 6.07) is 10.6. The lowest BCUT2D eigenvalue weighted by molar-refractivity contribution is -0.137. The number of morpholine rings is 1. The maximum Gasteiger partial charge on any atom is 0.416 e. The van der Waals surface area contributed by atoms with Gasteiger partial charge in [0.15, 0.2) is 0 Å². The first-order valence-electron chi connectivity index (χ1n) is 11.7. The van der Waals surface area contributed by atoms with Crippen LogP contribution in [0.1, 0.15) is 32.7 Å². The highest BCUT2D eigenvalue weighted by Gasteiger charge is 2.30. The smallest absolute Gasteiger partial charge is 0.379 e. The number of hydrogen-bond donors (Lipinski definition) is 2. The summed E-state index contributed by atoms with van der Waals surface area (Å²) in [6.07, 6.45) is -2.37. The second-order valence-electron chi connectivity index (χ2n) is 8.70. The second kappa shape index (κ2) is 11.1. The molecule has 2 N–H and O–H groups in total. The van der Waals surface area contributed by atoms with E-state index in [2.05, 4.69) is 10.4 Å². The molecule has 202 valence electrons. The zero-order valence-electron chi connectivity index (χ0n) is 20.5. The third kappa shape index (κ3) is 6.11. The summed E-state index contributed by atoms with van der Waals surface area (Å²) in [5.41, 5.74) is 0.891. The third-order valence-electron chi connectivity index (χ3n) is 6.21. The number of aromatic nitrogens is 2. The van der Waals surface area contributed by atoms with Crippen LogP contribution in [-0.4, -0.2) is 60.5 Å². The quantitative estimate of drug-likeness (QED) is 0.347. The highest BCUT2D eigenvalue weighted by Crippen LogP contribution is 2.29. The number of aryl methyl sites for hydroxylation is 2. The van der Waals surface area contributed by atoms with Gasteiger partial charge < -0.3 is 10.1 Å². The number of benzene rings is 2. The minimum atomic E-state index is -4.41. The predicted molar refractivity (Wildman–Crippen MR) is 132 cm³/mol. The van der Waals surface area contributed by atoms with Gasteiger partial charge in [-0.3, -0.25) is 14.9 Å². The average Bonchev–Trinajstić information content (AvgIpc) is 3.28. The van der Waals surface area contributed by atoms with Crippen molar-refractivity contribution in [3.63, 3.8) is 0 Å². The minimum absolute atomic E-state index is 0.00880. The van der Waals surface area contributed by atoms with Crippen LogP contribution in [0.4, 0.5) is 13.2 Å². The molecule has 3 aromatic rings. The van der Waals surface area contributed by atoms with E-state index in [1.165, 1.54) is 51.6 Å². The molecule has 4 rings (SSSR count). The molecule has 0 aliphatic carbocycles. The van der Waals surface area contributed by atoms with Gasteiger partial charge in [-0.05, 0) is 42.7 Å². The van der Waals surface area contributed by atoms with Gasteiger partial charge in [0.1, 0.15) is 5.84 Å². The lowest BCUT2D eigenvalue weighted by Gasteiger charge is -2.26. The Morgan fingerprint density at radius 3 is 2.45 bits per heavy atom. The van der Waals surface area contributed by atoms with Crippen molar-refractivity contribution in [1.29, 1.82) is 5.41 Å². The molecule has 0 spiro atoms. The number of rotatable bonds is 7. The number of amidine groups is 1. The third-order valence-corrected chi connectivity index (χ3v) is 8.10. The van der Waals surface area contributed by atoms with Crippen molar-refractivity contribution in [2.75, 3.05) is 26.3 Å². The van der Waals surface area contributed by atoms with Gasteiger partial charge in [0.2, 0.25) is 10.0 Å². The van der Waals surface area contributed by atoms with Gasteiger partial charge in [-0.15, -0.1) is 0 Å². The fourth-order valence-electron chi connectivity index (χ4n) is 4.07. The molecular weight excluding hydrogens is 523 g/mol. The van der Waals surface area contributed by atoms with E-state index < -0.39 is 27.7 Å². The van der Waals surface area contributed by atoms with Gasteiger partial charge in [0, 0.05) is 25.7 Å². The van der Waals surface area contributed by atoms with Gasteiger partial charge in [0.25, 0.3) is 5.91 Å². The van der Waals surface area contributed by atoms with Crippen LogP contribution in [0.3, 0.4) is 0 Å². The molecule has 9 nitrogen and oxygen atoms in total. The first-order valence-corrected chi connectivity index (χ1v) is 13.2. The molecule has 1 amide bonds. The van der Waals surface area contributed by atoms with E-state index in [0.29, 0.717) is 37.3 Å². The normalized spacial score (nSPS) is 14.8. The van der Waals surface area contributed by atoms with E-state index in [0.717, 1.165) is 12.1 Å². The monoisotopic (exact) mass is 549 g/mol. The Bertz CT molecular complexity index is 1430. The van der Waals surface area contributed by atoms with Crippen molar-refractivity contribution < 1.29 is 31.1 Å². The van der Waals surface area contributed by atoms with Gasteiger partial charge in [0.05, 0.1) is 41.1 Å². The molecule has 2 heterocycles. The van der Waals surface area contributed by atoms with Crippen LogP contribution in [0.5, 0.6) is 0 Å². The second-order valence-corrected chi connectivity index (χ2v) is 10.6. The Morgan fingerprint density at radius 2 is 1.79 bits per heavy atom. The van der Waals surface area contributed by atoms with Crippen LogP contribution in [0.25, 0.3) is 0 Å². The number of amides is 1. The van der Waals surface area contributed by atoms with Crippen molar-refractivity contribution in [3.05, 3.63) is 82.7 Å². The topological polar surface area (TPSA) is 117 Å². The molecule has 1 aliphatic heterocycles. The Balaban J connectivity index is 1.45. The predicted octanol–water partition coefficient (Wildman–Crippen LogP) is 3.00. The molecule has 0 atom stereocenters. The number of ether oxygens (including phenoxy) is 1. The number of hydrogen-bond acceptors (Lipinski definition) is 6. The van der Waals surface area contributed by atoms with E-state index in [1.54, 1.807) is 7.05 Å². The summed E-state index contributed by atoms with van der Waals surface area (Å²) in [5, 5.41) is 15.0. The number of halogens is 3. The van der Waals surface area contributed by atoms with Gasteiger partial charge in [-0.1, -0.05) is 24.3 Å². The van der Waals surface area contributed by atoms with E-state index in [1.807, 2.05) is 0 Å². The maximum atomic E-state index is 13.0. The molecule has 0 saturated carbocycles. The van der Waals surface area contributed by atoms with Crippen molar-refractivity contribution in [2.24, 2.45) is 7.05 Å². The van der Waals surface area contributed by atoms with E-state index in [4.69, 9.17) is 10.1 Å². The first-order chi connectivity index (χ1) is 18.0. The molecule has 1 aliphatic rings. The fraction of sp³-hybridized carbons (Fsp3) is 0.320. The number of nitrogens with one attached hydrogen (secondary N) is 2. The molecule has 0 bridgehead atoms. The number of nitrogens with zero attached hydrogens (tertiary/aromatic N) is 3. The lowest BCUT2D eigenvalue weighted by Crippen LogP contribution is -2.40. The van der Waals surface area contributed by atoms with E-state index in [-0.39, 0.29) is 34.9 Å². The van der Waals surface area contributed by atoms with Crippen molar-refractivity contribution in [2.45, 2.75) is 23.9 Å². The Morgan fingerprint density at radius 1 is 1.11 bits per heavy atom. The van der Waals surface area contributed by atoms with Crippen LogP contribution in [-0.2, 0) is 40.8 Å². The van der Waals surface area contributed by atoms with Gasteiger partial charge >= 0.3 is 6.18 Å². The molecule has 2 aromatic carbocycles. The Labute approximate surface area is 217 Å². The number of sulfonamides is 1. The first kappa shape index (κ1) is 27.5. The number of alkyl halides is 3. The molecule has 38 heavy (non-hydrogen) atoms. The average molecular weight is 550 g/mol. The largest absolute Gasteiger partial charge is 0.416 e. The molecule has 1 aromatic heterocycles. The number of carbonyl (C=O) groups excluding carboxylic acids is 1. The summed E-state index contributed by atoms with van der Waals surface area (Å²) in [5.74, 6) is -0.890. The van der Waals surface area contributed by atoms with Crippen molar-refractivity contribution >= 4 is 21.8 Å². The van der Waals surface area contributed by atoms with Crippen LogP contribution in [0.15, 0.2) is 59.6 Å². The highest BCUT2D eigenvalue weighted by atomic mass is 32.2. The molecule has 1 fully saturated rings. The van der Waals surface area contributed by atoms with Crippen molar-refractivity contribution in [1.82, 2.24) is 19.4 Å². The standard InChI is InChI=1S/C25H26F3N5O4S/c1-32-22(10-7-17-5-8-19(9-6-17)25(26,27)28)21(16-30-32)24(34)31-23(29)18-3-2-4-20(15-18)38(35,36)33-11-13-37-14-12-33/h2-6,8-9,15-16H,7,10-14H2,1H3,(H2,29,31,34). The SMILES string of the molecule is Cn1ncc(C(=O)NC(=N)c2cccc(S(=O)(=O)N3CCOCC3)c2)c1CCc1ccc(C(F)(F)F)cc1. The highest BCUT2D eigenvalue weighted by molar-refractivity contribution is 7.89. The van der Waals surface area contributed by atoms with Crippen LogP contribution in [0.2, 0.25) is 0 Å². The van der Waals surface area contributed by atoms with Crippen molar-refractivity contribution in [3.8, 4) is 0 Å². The fourth-order valence-corrected chi connectivity index (χ4v) is 5.53. The molecule has 1 saturated heterocycles. The molecule has 0 radical (unpaired) electrons. The minimum Gasteiger partial charge on any atom is -0.379 e. The van der Waals surface area contributed by atoms with Gasteiger partial charge in [-0.25, -0.2) is 8.42 Å². The summed E-state index contributed by atoms with van der Waals surface area (Å²) in [7, 11) is -2.14. The summed E-state index contributed by atoms with van der Waals surface area (Å²) in [6.45, 7) is 1.07. The molecule has 0 unspecified atom stereocenters. The summed E-state index contributed by atoms with van der Waals surface area (Å²) >= 11 is 0. The Kier molecular flexibility index (Phi) is 7.99. The summed E-state index contributed by atoms with van der Waals surface area (Å²) in [4.78, 5) is 13.0. The summed E-state index contributed by atoms with van der Waals surface area (Å²) < 4.78 is 72.4. The van der Waals surface area contributed by atoms with Crippen LogP contribution < -0.4 is 5.32 Å². The maximum absolute atomic E-state index is 13.0. The molecular formula is C25H26F3N5O4S. The molecule has 13 heteroatoms. The zero-order valence-corrected chi connectivity index (χ0v) is 21.3. The zero-order chi connectivity index (χ0) is 27.5. The van der Waals surface area contributed by atoms with Gasteiger partial charge in [-0.2, -0.15) is 22.6 Å². The lowest BCUT2D eigenvalue weighted by atomic mass is 10.0. The van der Waals surface area contributed by atoms with Crippen LogP contribution in [0, 0.1) is 5.41 Å². The Hall–Kier alpha value is -3.55. The van der Waals surface area contributed by atoms with Crippen LogP contribution >= 0.6 is 0 Å². The van der Waals surface area contributed by atoms with E-state index in [9.17, 15) is 26.4 Å². The van der Waals surface area contributed by atoms with E-state index >= 15 is 0 Å².